The van der Waals surface area contributed by atoms with E-state index in [4.69, 9.17) is 11.6 Å². The molecule has 0 saturated heterocycles. The van der Waals surface area contributed by atoms with Crippen molar-refractivity contribution in [2.24, 2.45) is 5.92 Å². The molecule has 1 atom stereocenters. The van der Waals surface area contributed by atoms with E-state index in [-0.39, 0.29) is 11.4 Å². The maximum atomic E-state index is 13.4. The third-order valence-corrected chi connectivity index (χ3v) is 3.45. The highest BCUT2D eigenvalue weighted by Crippen LogP contribution is 2.20. The van der Waals surface area contributed by atoms with E-state index < -0.39 is 17.7 Å². The van der Waals surface area contributed by atoms with Crippen molar-refractivity contribution in [2.45, 2.75) is 12.8 Å². The highest BCUT2D eigenvalue weighted by Gasteiger charge is 2.19. The van der Waals surface area contributed by atoms with Gasteiger partial charge in [-0.1, -0.05) is 48.0 Å². The number of benzene rings is 2. The Balaban J connectivity index is 2.13. The lowest BCUT2D eigenvalue weighted by molar-refractivity contribution is -0.141. The lowest BCUT2D eigenvalue weighted by Crippen LogP contribution is -2.19. The summed E-state index contributed by atoms with van der Waals surface area (Å²) in [6.07, 6.45) is 0.693. The van der Waals surface area contributed by atoms with Crippen molar-refractivity contribution in [3.63, 3.8) is 0 Å². The van der Waals surface area contributed by atoms with Crippen molar-refractivity contribution in [2.75, 3.05) is 0 Å². The minimum Gasteiger partial charge on any atom is -0.481 e. The minimum absolute atomic E-state index is 0.0451. The van der Waals surface area contributed by atoms with Crippen LogP contribution in [0.2, 0.25) is 5.02 Å². The van der Waals surface area contributed by atoms with Gasteiger partial charge in [0.25, 0.3) is 0 Å². The van der Waals surface area contributed by atoms with Gasteiger partial charge in [0, 0.05) is 0 Å². The zero-order valence-corrected chi connectivity index (χ0v) is 11.5. The van der Waals surface area contributed by atoms with Crippen LogP contribution in [0, 0.1) is 11.7 Å². The minimum atomic E-state index is -0.885. The molecule has 0 saturated carbocycles. The van der Waals surface area contributed by atoms with Crippen molar-refractivity contribution >= 4 is 17.6 Å². The lowest BCUT2D eigenvalue weighted by atomic mass is 9.92. The van der Waals surface area contributed by atoms with Gasteiger partial charge in [0.2, 0.25) is 0 Å². The van der Waals surface area contributed by atoms with Crippen LogP contribution < -0.4 is 0 Å². The third kappa shape index (κ3) is 3.81. The zero-order valence-electron chi connectivity index (χ0n) is 10.7. The van der Waals surface area contributed by atoms with Crippen LogP contribution in [0.1, 0.15) is 11.1 Å². The molecule has 0 aliphatic carbocycles. The maximum Gasteiger partial charge on any atom is 0.307 e. The predicted octanol–water partition coefficient (Wildman–Crippen LogP) is 3.97. The molecular weight excluding hydrogens is 279 g/mol. The van der Waals surface area contributed by atoms with Crippen molar-refractivity contribution in [1.29, 1.82) is 0 Å². The average Bonchev–Trinajstić information content (AvgIpc) is 2.43. The Morgan fingerprint density at radius 3 is 2.35 bits per heavy atom. The summed E-state index contributed by atoms with van der Waals surface area (Å²) in [6, 6.07) is 13.8. The van der Waals surface area contributed by atoms with E-state index in [1.54, 1.807) is 6.07 Å². The lowest BCUT2D eigenvalue weighted by Gasteiger charge is -2.13. The van der Waals surface area contributed by atoms with Crippen molar-refractivity contribution in [3.8, 4) is 0 Å². The molecule has 20 heavy (non-hydrogen) atoms. The second-order valence-corrected chi connectivity index (χ2v) is 5.08. The van der Waals surface area contributed by atoms with E-state index >= 15 is 0 Å². The largest absolute Gasteiger partial charge is 0.481 e. The second kappa shape index (κ2) is 6.53. The quantitative estimate of drug-likeness (QED) is 0.905. The Labute approximate surface area is 121 Å². The first-order valence-electron chi connectivity index (χ1n) is 6.27. The summed E-state index contributed by atoms with van der Waals surface area (Å²) in [6.45, 7) is 0. The summed E-state index contributed by atoms with van der Waals surface area (Å²) in [5.74, 6) is -1.99. The highest BCUT2D eigenvalue weighted by molar-refractivity contribution is 6.30. The van der Waals surface area contributed by atoms with Crippen LogP contribution in [0.25, 0.3) is 0 Å². The molecule has 2 aromatic carbocycles. The number of carbonyl (C=O) groups is 1. The molecule has 2 nitrogen and oxygen atoms in total. The number of rotatable bonds is 5. The van der Waals surface area contributed by atoms with Gasteiger partial charge >= 0.3 is 5.97 Å². The monoisotopic (exact) mass is 292 g/mol. The number of halogens is 2. The third-order valence-electron chi connectivity index (χ3n) is 3.14. The van der Waals surface area contributed by atoms with E-state index in [1.807, 2.05) is 30.3 Å². The van der Waals surface area contributed by atoms with Crippen LogP contribution in [-0.4, -0.2) is 11.1 Å². The number of carboxylic acids is 1. The Morgan fingerprint density at radius 2 is 1.75 bits per heavy atom. The Morgan fingerprint density at radius 1 is 1.10 bits per heavy atom. The number of hydrogen-bond acceptors (Lipinski definition) is 1. The molecule has 1 unspecified atom stereocenters. The molecule has 2 aromatic rings. The van der Waals surface area contributed by atoms with Gasteiger partial charge in [-0.15, -0.1) is 0 Å². The van der Waals surface area contributed by atoms with Gasteiger partial charge < -0.3 is 5.11 Å². The van der Waals surface area contributed by atoms with Gasteiger partial charge in [-0.2, -0.15) is 0 Å². The molecule has 0 heterocycles. The first-order chi connectivity index (χ1) is 9.56. The molecule has 1 N–H and O–H groups in total. The van der Waals surface area contributed by atoms with Gasteiger partial charge in [0.1, 0.15) is 5.82 Å². The summed E-state index contributed by atoms with van der Waals surface area (Å²) in [5.41, 5.74) is 1.59. The topological polar surface area (TPSA) is 37.3 Å². The molecule has 2 rings (SSSR count). The van der Waals surface area contributed by atoms with Crippen LogP contribution in [0.5, 0.6) is 0 Å². The van der Waals surface area contributed by atoms with Gasteiger partial charge in [-0.05, 0) is 36.1 Å². The fourth-order valence-corrected chi connectivity index (χ4v) is 2.21. The van der Waals surface area contributed by atoms with Crippen LogP contribution in [0.3, 0.4) is 0 Å². The molecule has 0 bridgehead atoms. The van der Waals surface area contributed by atoms with E-state index in [9.17, 15) is 14.3 Å². The number of carboxylic acid groups (broad SMARTS) is 1. The summed E-state index contributed by atoms with van der Waals surface area (Å²) in [7, 11) is 0. The second-order valence-electron chi connectivity index (χ2n) is 4.68. The maximum absolute atomic E-state index is 13.4. The van der Waals surface area contributed by atoms with Crippen molar-refractivity contribution < 1.29 is 14.3 Å². The number of hydrogen-bond donors (Lipinski definition) is 1. The van der Waals surface area contributed by atoms with Gasteiger partial charge in [0.05, 0.1) is 10.9 Å². The van der Waals surface area contributed by atoms with Gasteiger partial charge in [-0.25, -0.2) is 4.39 Å². The number of aliphatic carboxylic acids is 1. The summed E-state index contributed by atoms with van der Waals surface area (Å²) >= 11 is 5.62. The first-order valence-corrected chi connectivity index (χ1v) is 6.64. The first kappa shape index (κ1) is 14.5. The zero-order chi connectivity index (χ0) is 14.5. The van der Waals surface area contributed by atoms with Crippen LogP contribution in [0.15, 0.2) is 48.5 Å². The van der Waals surface area contributed by atoms with Gasteiger partial charge in [0.15, 0.2) is 0 Å². The molecule has 0 radical (unpaired) electrons. The SMILES string of the molecule is O=C(O)C(Cc1ccccc1)Cc1ccc(Cl)c(F)c1. The van der Waals surface area contributed by atoms with E-state index in [1.165, 1.54) is 12.1 Å². The standard InChI is InChI=1S/C16H14ClFO2/c17-14-7-6-12(10-15(14)18)9-13(16(19)20)8-11-4-2-1-3-5-11/h1-7,10,13H,8-9H2,(H,19,20). The van der Waals surface area contributed by atoms with Crippen LogP contribution >= 0.6 is 11.6 Å². The summed E-state index contributed by atoms with van der Waals surface area (Å²) in [5, 5.41) is 9.35. The Kier molecular flexibility index (Phi) is 4.74. The molecular formula is C16H14ClFO2. The average molecular weight is 293 g/mol. The fourth-order valence-electron chi connectivity index (χ4n) is 2.10. The molecule has 0 fully saturated rings. The van der Waals surface area contributed by atoms with Crippen LogP contribution in [0.4, 0.5) is 4.39 Å². The molecule has 4 heteroatoms. The fraction of sp³-hybridized carbons (Fsp3) is 0.188. The highest BCUT2D eigenvalue weighted by atomic mass is 35.5. The molecule has 0 amide bonds. The van der Waals surface area contributed by atoms with Crippen molar-refractivity contribution in [1.82, 2.24) is 0 Å². The Bertz CT molecular complexity index is 599. The van der Waals surface area contributed by atoms with E-state index in [0.717, 1.165) is 5.56 Å². The molecule has 0 aromatic heterocycles. The van der Waals surface area contributed by atoms with Crippen molar-refractivity contribution in [3.05, 3.63) is 70.5 Å². The normalized spacial score (nSPS) is 12.1. The molecule has 0 aliphatic rings. The summed E-state index contributed by atoms with van der Waals surface area (Å²) in [4.78, 5) is 11.3. The van der Waals surface area contributed by atoms with E-state index in [2.05, 4.69) is 0 Å². The van der Waals surface area contributed by atoms with E-state index in [0.29, 0.717) is 12.0 Å². The predicted molar refractivity (Wildman–Crippen MR) is 76.4 cm³/mol. The Hall–Kier alpha value is -1.87. The molecule has 0 spiro atoms. The molecule has 0 aliphatic heterocycles. The summed E-state index contributed by atoms with van der Waals surface area (Å²) < 4.78 is 13.4. The molecule has 104 valence electrons. The smallest absolute Gasteiger partial charge is 0.307 e. The van der Waals surface area contributed by atoms with Gasteiger partial charge in [-0.3, -0.25) is 4.79 Å². The van der Waals surface area contributed by atoms with Crippen LogP contribution in [-0.2, 0) is 17.6 Å².